The second kappa shape index (κ2) is 8.43. The highest BCUT2D eigenvalue weighted by molar-refractivity contribution is 6.06. The number of aromatic nitrogens is 2. The smallest absolute Gasteiger partial charge is 0.233 e. The Bertz CT molecular complexity index is 869. The predicted octanol–water partition coefficient (Wildman–Crippen LogP) is 1.62. The van der Waals surface area contributed by atoms with Crippen molar-refractivity contribution >= 4 is 17.8 Å². The fraction of sp³-hybridized carbons (Fsp3) is 0.682. The number of likely N-dealkylation sites (tertiary alicyclic amines) is 1. The van der Waals surface area contributed by atoms with Crippen LogP contribution in [0.25, 0.3) is 0 Å². The maximum absolute atomic E-state index is 12.7. The topological polar surface area (TPSA) is 113 Å². The average molecular weight is 429 g/mol. The van der Waals surface area contributed by atoms with Crippen molar-refractivity contribution in [3.05, 3.63) is 23.9 Å². The van der Waals surface area contributed by atoms with Crippen LogP contribution in [0.3, 0.4) is 0 Å². The molecule has 2 fully saturated rings. The molecule has 4 rings (SSSR count). The Hall–Kier alpha value is -2.71. The van der Waals surface area contributed by atoms with Gasteiger partial charge in [-0.1, -0.05) is 38.1 Å². The van der Waals surface area contributed by atoms with Gasteiger partial charge in [-0.05, 0) is 31.6 Å². The highest BCUT2D eigenvalue weighted by atomic mass is 16.5. The lowest BCUT2D eigenvalue weighted by Gasteiger charge is -2.17. The van der Waals surface area contributed by atoms with Crippen LogP contribution in [0.1, 0.15) is 52.3 Å². The Labute approximate surface area is 182 Å². The van der Waals surface area contributed by atoms with Crippen molar-refractivity contribution in [2.45, 2.75) is 52.5 Å². The van der Waals surface area contributed by atoms with Gasteiger partial charge in [0.25, 0.3) is 0 Å². The first kappa shape index (κ1) is 21.5. The number of hydrogen-bond acceptors (Lipinski definition) is 6. The maximum Gasteiger partial charge on any atom is 0.233 e. The summed E-state index contributed by atoms with van der Waals surface area (Å²) < 4.78 is 5.30. The molecule has 0 spiro atoms. The third-order valence-electron chi connectivity index (χ3n) is 6.25. The lowest BCUT2D eigenvalue weighted by molar-refractivity contribution is -0.140. The van der Waals surface area contributed by atoms with E-state index in [1.807, 2.05) is 27.7 Å². The molecule has 0 radical (unpaired) electrons. The lowest BCUT2D eigenvalue weighted by Crippen LogP contribution is -2.40. The molecule has 1 aromatic heterocycles. The number of nitrogens with zero attached hydrogens (tertiary/aromatic N) is 4. The molecular formula is C22H32N6O3. The molecule has 2 aliphatic carbocycles. The van der Waals surface area contributed by atoms with Gasteiger partial charge in [0.2, 0.25) is 17.7 Å². The highest BCUT2D eigenvalue weighted by Gasteiger charge is 2.58. The third kappa shape index (κ3) is 4.22. The molecule has 1 aliphatic heterocycles. The summed E-state index contributed by atoms with van der Waals surface area (Å²) in [5.74, 6) is 2.05. The number of guanidine groups is 1. The Morgan fingerprint density at radius 3 is 2.45 bits per heavy atom. The van der Waals surface area contributed by atoms with Gasteiger partial charge in [-0.3, -0.25) is 14.5 Å². The molecule has 2 bridgehead atoms. The Morgan fingerprint density at radius 1 is 1.19 bits per heavy atom. The van der Waals surface area contributed by atoms with E-state index >= 15 is 0 Å². The standard InChI is InChI=1S/C22H32N6O3/c1-5-23-21(25-12-15-26-20(31-27-15)22(2,3)4)24-9-6-10-28-18(29)16-13-7-8-14(11-13)17(16)19(28)30/h7-8,13-14,16-17H,5-6,9-12H2,1-4H3,(H2,23,24,25). The van der Waals surface area contributed by atoms with E-state index in [0.717, 1.165) is 6.42 Å². The first-order valence-corrected chi connectivity index (χ1v) is 11.2. The van der Waals surface area contributed by atoms with Crippen LogP contribution in [-0.4, -0.2) is 52.4 Å². The number of fused-ring (bicyclic) bond motifs is 5. The molecule has 4 atom stereocenters. The zero-order valence-corrected chi connectivity index (χ0v) is 18.7. The average Bonchev–Trinajstić information content (AvgIpc) is 3.48. The Balaban J connectivity index is 1.26. The van der Waals surface area contributed by atoms with Crippen LogP contribution in [0.4, 0.5) is 0 Å². The number of rotatable bonds is 7. The second-order valence-electron chi connectivity index (χ2n) is 9.57. The monoisotopic (exact) mass is 428 g/mol. The molecule has 9 heteroatoms. The molecule has 2 amide bonds. The van der Waals surface area contributed by atoms with Crippen molar-refractivity contribution in [1.29, 1.82) is 0 Å². The molecular weight excluding hydrogens is 396 g/mol. The molecule has 168 valence electrons. The van der Waals surface area contributed by atoms with Crippen LogP contribution in [0.5, 0.6) is 0 Å². The summed E-state index contributed by atoms with van der Waals surface area (Å²) >= 11 is 0. The summed E-state index contributed by atoms with van der Waals surface area (Å²) in [5, 5.41) is 10.4. The van der Waals surface area contributed by atoms with Gasteiger partial charge in [0.15, 0.2) is 11.8 Å². The Kier molecular flexibility index (Phi) is 5.85. The maximum atomic E-state index is 12.7. The normalized spacial score (nSPS) is 27.4. The summed E-state index contributed by atoms with van der Waals surface area (Å²) in [6.07, 6.45) is 5.87. The fourth-order valence-corrected chi connectivity index (χ4v) is 4.74. The van der Waals surface area contributed by atoms with Gasteiger partial charge in [-0.15, -0.1) is 0 Å². The van der Waals surface area contributed by atoms with Crippen LogP contribution >= 0.6 is 0 Å². The number of nitrogens with one attached hydrogen (secondary N) is 2. The molecule has 4 unspecified atom stereocenters. The minimum Gasteiger partial charge on any atom is -0.357 e. The lowest BCUT2D eigenvalue weighted by atomic mass is 9.85. The summed E-state index contributed by atoms with van der Waals surface area (Å²) in [7, 11) is 0. The van der Waals surface area contributed by atoms with Crippen molar-refractivity contribution in [2.75, 3.05) is 19.6 Å². The zero-order valence-electron chi connectivity index (χ0n) is 18.7. The number of aliphatic imine (C=N–C) groups is 1. The van der Waals surface area contributed by atoms with Gasteiger partial charge in [0, 0.05) is 25.0 Å². The van der Waals surface area contributed by atoms with E-state index < -0.39 is 0 Å². The number of amides is 2. The second-order valence-corrected chi connectivity index (χ2v) is 9.57. The van der Waals surface area contributed by atoms with Crippen molar-refractivity contribution in [2.24, 2.45) is 28.7 Å². The van der Waals surface area contributed by atoms with E-state index in [-0.39, 0.29) is 40.9 Å². The number of hydrogen-bond donors (Lipinski definition) is 2. The van der Waals surface area contributed by atoms with Crippen LogP contribution in [0.2, 0.25) is 0 Å². The van der Waals surface area contributed by atoms with Gasteiger partial charge >= 0.3 is 0 Å². The van der Waals surface area contributed by atoms with Gasteiger partial charge in [0.05, 0.1) is 11.8 Å². The van der Waals surface area contributed by atoms with E-state index in [1.165, 1.54) is 4.90 Å². The van der Waals surface area contributed by atoms with E-state index in [0.29, 0.717) is 50.3 Å². The van der Waals surface area contributed by atoms with E-state index in [1.54, 1.807) is 0 Å². The van der Waals surface area contributed by atoms with Gasteiger partial charge < -0.3 is 15.2 Å². The summed E-state index contributed by atoms with van der Waals surface area (Å²) in [5.41, 5.74) is -0.198. The predicted molar refractivity (Wildman–Crippen MR) is 115 cm³/mol. The summed E-state index contributed by atoms with van der Waals surface area (Å²) in [6, 6.07) is 0. The molecule has 31 heavy (non-hydrogen) atoms. The van der Waals surface area contributed by atoms with Gasteiger partial charge in [0.1, 0.15) is 6.54 Å². The minimum absolute atomic E-state index is 0.0131. The quantitative estimate of drug-likeness (QED) is 0.223. The first-order chi connectivity index (χ1) is 14.8. The summed E-state index contributed by atoms with van der Waals surface area (Å²) in [6.45, 7) is 10.1. The zero-order chi connectivity index (χ0) is 22.2. The van der Waals surface area contributed by atoms with Crippen molar-refractivity contribution in [3.63, 3.8) is 0 Å². The van der Waals surface area contributed by atoms with Crippen molar-refractivity contribution < 1.29 is 14.1 Å². The molecule has 2 heterocycles. The van der Waals surface area contributed by atoms with Gasteiger partial charge in [-0.2, -0.15) is 4.98 Å². The minimum atomic E-state index is -0.198. The van der Waals surface area contributed by atoms with E-state index in [2.05, 4.69) is 37.9 Å². The van der Waals surface area contributed by atoms with Crippen LogP contribution in [-0.2, 0) is 21.5 Å². The largest absolute Gasteiger partial charge is 0.357 e. The third-order valence-corrected chi connectivity index (χ3v) is 6.25. The molecule has 2 N–H and O–H groups in total. The number of allylic oxidation sites excluding steroid dienone is 2. The highest BCUT2D eigenvalue weighted by Crippen LogP contribution is 2.52. The van der Waals surface area contributed by atoms with Crippen LogP contribution in [0.15, 0.2) is 21.7 Å². The summed E-state index contributed by atoms with van der Waals surface area (Å²) in [4.78, 5) is 35.9. The fourth-order valence-electron chi connectivity index (χ4n) is 4.74. The molecule has 0 aromatic carbocycles. The van der Waals surface area contributed by atoms with E-state index in [9.17, 15) is 9.59 Å². The number of imide groups is 1. The van der Waals surface area contributed by atoms with Crippen LogP contribution in [0, 0.1) is 23.7 Å². The molecule has 1 aromatic rings. The molecule has 1 saturated heterocycles. The van der Waals surface area contributed by atoms with Gasteiger partial charge in [-0.25, -0.2) is 4.99 Å². The number of carbonyl (C=O) groups is 2. The van der Waals surface area contributed by atoms with Crippen LogP contribution < -0.4 is 10.6 Å². The van der Waals surface area contributed by atoms with Crippen molar-refractivity contribution in [3.8, 4) is 0 Å². The first-order valence-electron chi connectivity index (χ1n) is 11.2. The van der Waals surface area contributed by atoms with E-state index in [4.69, 9.17) is 4.52 Å². The van der Waals surface area contributed by atoms with Crippen molar-refractivity contribution in [1.82, 2.24) is 25.7 Å². The molecule has 9 nitrogen and oxygen atoms in total. The number of carbonyl (C=O) groups excluding carboxylic acids is 2. The molecule has 3 aliphatic rings. The molecule has 1 saturated carbocycles. The Morgan fingerprint density at radius 2 is 1.87 bits per heavy atom. The SMILES string of the molecule is CCNC(=NCc1noc(C(C)(C)C)n1)NCCCN1C(=O)C2C3C=CC(C3)C2C1=O.